The zero-order chi connectivity index (χ0) is 13.2. The first-order valence-electron chi connectivity index (χ1n) is 5.96. The van der Waals surface area contributed by atoms with Gasteiger partial charge in [0.1, 0.15) is 5.82 Å². The van der Waals surface area contributed by atoms with Gasteiger partial charge in [-0.2, -0.15) is 0 Å². The molecule has 1 aromatic rings. The minimum atomic E-state index is -0.771. The van der Waals surface area contributed by atoms with Gasteiger partial charge in [-0.3, -0.25) is 4.79 Å². The lowest BCUT2D eigenvalue weighted by Crippen LogP contribution is -2.40. The van der Waals surface area contributed by atoms with Crippen LogP contribution in [-0.4, -0.2) is 23.2 Å². The molecule has 18 heavy (non-hydrogen) atoms. The third-order valence-corrected chi connectivity index (χ3v) is 3.90. The van der Waals surface area contributed by atoms with Gasteiger partial charge in [-0.05, 0) is 47.0 Å². The van der Waals surface area contributed by atoms with E-state index < -0.39 is 11.4 Å². The highest BCUT2D eigenvalue weighted by Crippen LogP contribution is 2.28. The van der Waals surface area contributed by atoms with Crippen LogP contribution in [0.2, 0.25) is 0 Å². The Morgan fingerprint density at radius 1 is 1.44 bits per heavy atom. The van der Waals surface area contributed by atoms with Crippen LogP contribution >= 0.6 is 15.9 Å². The van der Waals surface area contributed by atoms with Crippen molar-refractivity contribution in [3.63, 3.8) is 0 Å². The molecule has 1 aliphatic rings. The third-order valence-electron chi connectivity index (χ3n) is 3.29. The molecule has 2 N–H and O–H groups in total. The molecule has 0 saturated heterocycles. The first-order chi connectivity index (χ1) is 8.50. The molecular weight excluding hydrogens is 301 g/mol. The number of nitrogens with one attached hydrogen (secondary N) is 1. The predicted octanol–water partition coefficient (Wildman–Crippen LogP) is 2.62. The van der Waals surface area contributed by atoms with Crippen molar-refractivity contribution in [1.82, 2.24) is 5.32 Å². The predicted molar refractivity (Wildman–Crippen MR) is 69.9 cm³/mol. The Morgan fingerprint density at radius 3 is 2.72 bits per heavy atom. The van der Waals surface area contributed by atoms with Gasteiger partial charge in [-0.1, -0.05) is 12.8 Å². The monoisotopic (exact) mass is 315 g/mol. The van der Waals surface area contributed by atoms with E-state index in [9.17, 15) is 14.3 Å². The summed E-state index contributed by atoms with van der Waals surface area (Å²) in [5.41, 5.74) is -0.391. The van der Waals surface area contributed by atoms with E-state index in [1.54, 1.807) is 0 Å². The van der Waals surface area contributed by atoms with Gasteiger partial charge in [0.15, 0.2) is 0 Å². The largest absolute Gasteiger partial charge is 0.388 e. The molecule has 0 aromatic heterocycles. The van der Waals surface area contributed by atoms with Gasteiger partial charge >= 0.3 is 0 Å². The normalized spacial score (nSPS) is 17.7. The average molecular weight is 316 g/mol. The second kappa shape index (κ2) is 5.36. The molecule has 1 aliphatic carbocycles. The number of aliphatic hydroxyl groups is 1. The Kier molecular flexibility index (Phi) is 4.02. The van der Waals surface area contributed by atoms with Crippen LogP contribution in [-0.2, 0) is 0 Å². The van der Waals surface area contributed by atoms with Gasteiger partial charge in [0, 0.05) is 12.1 Å². The maximum atomic E-state index is 13.0. The fourth-order valence-electron chi connectivity index (χ4n) is 2.19. The number of carbonyl (C=O) groups excluding carboxylic acids is 1. The maximum absolute atomic E-state index is 13.0. The molecule has 0 atom stereocenters. The summed E-state index contributed by atoms with van der Waals surface area (Å²) in [5.74, 6) is -0.697. The van der Waals surface area contributed by atoms with Gasteiger partial charge in [0.05, 0.1) is 10.1 Å². The summed E-state index contributed by atoms with van der Waals surface area (Å²) in [6.07, 6.45) is 3.43. The molecule has 0 aliphatic heterocycles. The Labute approximate surface area is 114 Å². The van der Waals surface area contributed by atoms with E-state index in [-0.39, 0.29) is 16.9 Å². The Bertz CT molecular complexity index is 458. The molecule has 98 valence electrons. The van der Waals surface area contributed by atoms with E-state index in [4.69, 9.17) is 0 Å². The zero-order valence-electron chi connectivity index (χ0n) is 9.88. The number of carbonyl (C=O) groups is 1. The standard InChI is InChI=1S/C13H15BrFNO2/c14-10-7-9(3-4-11(10)15)12(17)16-8-13(18)5-1-2-6-13/h3-4,7,18H,1-2,5-6,8H2,(H,16,17). The SMILES string of the molecule is O=C(NCC1(O)CCCC1)c1ccc(F)c(Br)c1. The summed E-state index contributed by atoms with van der Waals surface area (Å²) in [6.45, 7) is 0.251. The van der Waals surface area contributed by atoms with Crippen molar-refractivity contribution in [2.45, 2.75) is 31.3 Å². The first-order valence-corrected chi connectivity index (χ1v) is 6.75. The zero-order valence-corrected chi connectivity index (χ0v) is 11.5. The number of halogens is 2. The molecular formula is C13H15BrFNO2. The molecule has 1 saturated carbocycles. The Morgan fingerprint density at radius 2 is 2.11 bits per heavy atom. The lowest BCUT2D eigenvalue weighted by molar-refractivity contribution is 0.0449. The van der Waals surface area contributed by atoms with Crippen molar-refractivity contribution in [2.24, 2.45) is 0 Å². The smallest absolute Gasteiger partial charge is 0.251 e. The molecule has 1 amide bonds. The van der Waals surface area contributed by atoms with Crippen LogP contribution in [0.15, 0.2) is 22.7 Å². The molecule has 5 heteroatoms. The fraction of sp³-hybridized carbons (Fsp3) is 0.462. The van der Waals surface area contributed by atoms with Crippen molar-refractivity contribution >= 4 is 21.8 Å². The highest BCUT2D eigenvalue weighted by molar-refractivity contribution is 9.10. The van der Waals surface area contributed by atoms with Crippen molar-refractivity contribution in [3.05, 3.63) is 34.1 Å². The average Bonchev–Trinajstić information content (AvgIpc) is 2.77. The van der Waals surface area contributed by atoms with Gasteiger partial charge in [0.25, 0.3) is 5.91 Å². The van der Waals surface area contributed by atoms with E-state index in [1.165, 1.54) is 18.2 Å². The quantitative estimate of drug-likeness (QED) is 0.901. The summed E-state index contributed by atoms with van der Waals surface area (Å²) in [6, 6.07) is 4.10. The summed E-state index contributed by atoms with van der Waals surface area (Å²) in [5, 5.41) is 12.8. The van der Waals surface area contributed by atoms with Crippen LogP contribution in [0.3, 0.4) is 0 Å². The molecule has 0 heterocycles. The highest BCUT2D eigenvalue weighted by atomic mass is 79.9. The number of amides is 1. The number of hydrogen-bond donors (Lipinski definition) is 2. The highest BCUT2D eigenvalue weighted by Gasteiger charge is 2.31. The van der Waals surface area contributed by atoms with Crippen LogP contribution in [0, 0.1) is 5.82 Å². The molecule has 1 fully saturated rings. The van der Waals surface area contributed by atoms with Crippen molar-refractivity contribution in [2.75, 3.05) is 6.54 Å². The molecule has 0 bridgehead atoms. The van der Waals surface area contributed by atoms with Crippen molar-refractivity contribution in [1.29, 1.82) is 0 Å². The van der Waals surface area contributed by atoms with E-state index in [1.807, 2.05) is 0 Å². The van der Waals surface area contributed by atoms with Crippen LogP contribution in [0.25, 0.3) is 0 Å². The minimum absolute atomic E-state index is 0.251. The van der Waals surface area contributed by atoms with Gasteiger partial charge in [-0.25, -0.2) is 4.39 Å². The molecule has 0 radical (unpaired) electrons. The van der Waals surface area contributed by atoms with Crippen LogP contribution < -0.4 is 5.32 Å². The summed E-state index contributed by atoms with van der Waals surface area (Å²) in [4.78, 5) is 11.8. The molecule has 0 unspecified atom stereocenters. The topological polar surface area (TPSA) is 49.3 Å². The molecule has 1 aromatic carbocycles. The fourth-order valence-corrected chi connectivity index (χ4v) is 2.57. The second-order valence-corrected chi connectivity index (χ2v) is 5.60. The Balaban J connectivity index is 1.97. The number of hydrogen-bond acceptors (Lipinski definition) is 2. The summed E-state index contributed by atoms with van der Waals surface area (Å²) >= 11 is 3.04. The minimum Gasteiger partial charge on any atom is -0.388 e. The lowest BCUT2D eigenvalue weighted by atomic mass is 10.0. The second-order valence-electron chi connectivity index (χ2n) is 4.74. The van der Waals surface area contributed by atoms with E-state index in [2.05, 4.69) is 21.2 Å². The maximum Gasteiger partial charge on any atom is 0.251 e. The first kappa shape index (κ1) is 13.5. The summed E-state index contributed by atoms with van der Waals surface area (Å²) < 4.78 is 13.3. The van der Waals surface area contributed by atoms with Gasteiger partial charge in [-0.15, -0.1) is 0 Å². The van der Waals surface area contributed by atoms with E-state index in [0.717, 1.165) is 25.7 Å². The summed E-state index contributed by atoms with van der Waals surface area (Å²) in [7, 11) is 0. The molecule has 0 spiro atoms. The van der Waals surface area contributed by atoms with E-state index >= 15 is 0 Å². The van der Waals surface area contributed by atoms with Crippen molar-refractivity contribution in [3.8, 4) is 0 Å². The number of rotatable bonds is 3. The molecule has 2 rings (SSSR count). The molecule has 3 nitrogen and oxygen atoms in total. The lowest BCUT2D eigenvalue weighted by Gasteiger charge is -2.22. The van der Waals surface area contributed by atoms with Crippen molar-refractivity contribution < 1.29 is 14.3 Å². The van der Waals surface area contributed by atoms with Gasteiger partial charge in [0.2, 0.25) is 0 Å². The van der Waals surface area contributed by atoms with Crippen LogP contribution in [0.1, 0.15) is 36.0 Å². The van der Waals surface area contributed by atoms with E-state index in [0.29, 0.717) is 5.56 Å². The van der Waals surface area contributed by atoms with Gasteiger partial charge < -0.3 is 10.4 Å². The number of benzene rings is 1. The Hall–Kier alpha value is -0.940. The van der Waals surface area contributed by atoms with Crippen LogP contribution in [0.5, 0.6) is 0 Å². The third kappa shape index (κ3) is 3.09. The van der Waals surface area contributed by atoms with Crippen LogP contribution in [0.4, 0.5) is 4.39 Å².